The van der Waals surface area contributed by atoms with E-state index in [1.54, 1.807) is 0 Å². The molecule has 0 unspecified atom stereocenters. The molecule has 2 saturated heterocycles. The molecule has 8 heteroatoms. The first-order valence-corrected chi connectivity index (χ1v) is 9.54. The number of morpholine rings is 1. The monoisotopic (exact) mass is 405 g/mol. The number of halogens is 3. The molecule has 5 nitrogen and oxygen atoms in total. The third-order valence-electron chi connectivity index (χ3n) is 5.39. The number of nitrogens with zero attached hydrogens (tertiary/aromatic N) is 1. The predicted octanol–water partition coefficient (Wildman–Crippen LogP) is 4.04. The molecule has 0 saturated carbocycles. The van der Waals surface area contributed by atoms with E-state index in [0.717, 1.165) is 37.2 Å². The molecule has 2 N–H and O–H groups in total. The summed E-state index contributed by atoms with van der Waals surface area (Å²) in [6.07, 6.45) is -3.59. The first kappa shape index (κ1) is 19.7. The summed E-state index contributed by atoms with van der Waals surface area (Å²) in [6.45, 7) is 2.10. The summed E-state index contributed by atoms with van der Waals surface area (Å²) in [6, 6.07) is 14.3. The number of nitrogens with one attached hydrogen (secondary N) is 2. The maximum atomic E-state index is 12.6. The second kappa shape index (κ2) is 8.04. The van der Waals surface area contributed by atoms with Gasteiger partial charge in [0.2, 0.25) is 0 Å². The number of hydrogen-bond donors (Lipinski definition) is 2. The number of ether oxygens (including phenoxy) is 1. The van der Waals surface area contributed by atoms with Crippen molar-refractivity contribution in [1.29, 1.82) is 0 Å². The standard InChI is InChI=1S/C21H22F3N3O2/c22-21(23,24)15-6-8-16(9-7-15)25-20(28)26-17-10-18-13-29-19(12-27(18)11-17)14-4-2-1-3-5-14/h1-9,17-19H,10-13H2,(H2,25,26,28)/t17-,18-,19+/m0/s1. The van der Waals surface area contributed by atoms with Crippen LogP contribution in [0, 0.1) is 0 Å². The Morgan fingerprint density at radius 2 is 1.76 bits per heavy atom. The minimum Gasteiger partial charge on any atom is -0.371 e. The van der Waals surface area contributed by atoms with Gasteiger partial charge in [0.1, 0.15) is 0 Å². The lowest BCUT2D eigenvalue weighted by molar-refractivity contribution is -0.137. The van der Waals surface area contributed by atoms with Crippen LogP contribution in [0.5, 0.6) is 0 Å². The minimum absolute atomic E-state index is 0.0205. The number of rotatable bonds is 3. The number of carbonyl (C=O) groups is 1. The fourth-order valence-corrected chi connectivity index (χ4v) is 3.94. The molecule has 2 fully saturated rings. The van der Waals surface area contributed by atoms with Crippen molar-refractivity contribution in [3.63, 3.8) is 0 Å². The summed E-state index contributed by atoms with van der Waals surface area (Å²) in [4.78, 5) is 14.6. The molecule has 2 amide bonds. The van der Waals surface area contributed by atoms with E-state index in [0.29, 0.717) is 12.3 Å². The normalized spacial score (nSPS) is 24.7. The van der Waals surface area contributed by atoms with Crippen molar-refractivity contribution >= 4 is 11.7 Å². The number of hydrogen-bond acceptors (Lipinski definition) is 3. The van der Waals surface area contributed by atoms with Crippen LogP contribution in [0.4, 0.5) is 23.7 Å². The highest BCUT2D eigenvalue weighted by Crippen LogP contribution is 2.31. The molecule has 0 aromatic heterocycles. The summed E-state index contributed by atoms with van der Waals surface area (Å²) >= 11 is 0. The number of anilines is 1. The summed E-state index contributed by atoms with van der Waals surface area (Å²) in [5.74, 6) is 0. The van der Waals surface area contributed by atoms with Gasteiger partial charge in [-0.1, -0.05) is 30.3 Å². The van der Waals surface area contributed by atoms with Crippen molar-refractivity contribution in [1.82, 2.24) is 10.2 Å². The zero-order valence-corrected chi connectivity index (χ0v) is 15.7. The highest BCUT2D eigenvalue weighted by molar-refractivity contribution is 5.89. The number of alkyl halides is 3. The molecule has 2 aliphatic heterocycles. The van der Waals surface area contributed by atoms with Crippen LogP contribution in [0.3, 0.4) is 0 Å². The zero-order chi connectivity index (χ0) is 20.4. The summed E-state index contributed by atoms with van der Waals surface area (Å²) < 4.78 is 43.9. The maximum Gasteiger partial charge on any atom is 0.416 e. The fraction of sp³-hybridized carbons (Fsp3) is 0.381. The van der Waals surface area contributed by atoms with Gasteiger partial charge < -0.3 is 15.4 Å². The van der Waals surface area contributed by atoms with Gasteiger partial charge in [-0.3, -0.25) is 4.90 Å². The fourth-order valence-electron chi connectivity index (χ4n) is 3.94. The molecule has 2 aliphatic rings. The van der Waals surface area contributed by atoms with Crippen LogP contribution in [0.25, 0.3) is 0 Å². The highest BCUT2D eigenvalue weighted by Gasteiger charge is 2.38. The Labute approximate surface area is 166 Å². The number of carbonyl (C=O) groups excluding carboxylic acids is 1. The van der Waals surface area contributed by atoms with Gasteiger partial charge in [0, 0.05) is 30.9 Å². The van der Waals surface area contributed by atoms with Gasteiger partial charge >= 0.3 is 12.2 Å². The smallest absolute Gasteiger partial charge is 0.371 e. The van der Waals surface area contributed by atoms with Gasteiger partial charge in [0.25, 0.3) is 0 Å². The van der Waals surface area contributed by atoms with E-state index >= 15 is 0 Å². The Hall–Kier alpha value is -2.58. The Morgan fingerprint density at radius 3 is 2.45 bits per heavy atom. The average molecular weight is 405 g/mol. The zero-order valence-electron chi connectivity index (χ0n) is 15.7. The Balaban J connectivity index is 1.29. The van der Waals surface area contributed by atoms with Crippen LogP contribution >= 0.6 is 0 Å². The second-order valence-corrected chi connectivity index (χ2v) is 7.45. The lowest BCUT2D eigenvalue weighted by atomic mass is 10.1. The Bertz CT molecular complexity index is 842. The van der Waals surface area contributed by atoms with E-state index in [9.17, 15) is 18.0 Å². The average Bonchev–Trinajstić information content (AvgIpc) is 3.09. The summed E-state index contributed by atoms with van der Waals surface area (Å²) in [7, 11) is 0. The van der Waals surface area contributed by atoms with Crippen LogP contribution in [0.15, 0.2) is 54.6 Å². The van der Waals surface area contributed by atoms with E-state index in [-0.39, 0.29) is 18.2 Å². The van der Waals surface area contributed by atoms with Gasteiger partial charge in [-0.15, -0.1) is 0 Å². The number of benzene rings is 2. The van der Waals surface area contributed by atoms with Crippen molar-refractivity contribution in [3.8, 4) is 0 Å². The van der Waals surface area contributed by atoms with E-state index in [1.165, 1.54) is 12.1 Å². The van der Waals surface area contributed by atoms with Crippen molar-refractivity contribution in [2.45, 2.75) is 30.8 Å². The van der Waals surface area contributed by atoms with E-state index in [2.05, 4.69) is 15.5 Å². The van der Waals surface area contributed by atoms with Gasteiger partial charge in [-0.05, 0) is 36.2 Å². The van der Waals surface area contributed by atoms with Crippen LogP contribution < -0.4 is 10.6 Å². The Morgan fingerprint density at radius 1 is 1.03 bits per heavy atom. The van der Waals surface area contributed by atoms with Crippen LogP contribution in [-0.2, 0) is 10.9 Å². The van der Waals surface area contributed by atoms with Gasteiger partial charge in [-0.25, -0.2) is 4.79 Å². The van der Waals surface area contributed by atoms with Crippen LogP contribution in [-0.4, -0.2) is 42.7 Å². The van der Waals surface area contributed by atoms with Gasteiger partial charge in [0.15, 0.2) is 0 Å². The van der Waals surface area contributed by atoms with Crippen molar-refractivity contribution < 1.29 is 22.7 Å². The molecule has 2 aromatic carbocycles. The third kappa shape index (κ3) is 4.71. The van der Waals surface area contributed by atoms with Crippen LogP contribution in [0.1, 0.15) is 23.7 Å². The molecule has 154 valence electrons. The molecule has 29 heavy (non-hydrogen) atoms. The number of amides is 2. The molecule has 0 radical (unpaired) electrons. The van der Waals surface area contributed by atoms with Crippen molar-refractivity contribution in [2.24, 2.45) is 0 Å². The summed E-state index contributed by atoms with van der Waals surface area (Å²) in [5, 5.41) is 5.51. The molecule has 2 heterocycles. The van der Waals surface area contributed by atoms with Crippen molar-refractivity contribution in [3.05, 3.63) is 65.7 Å². The molecular formula is C21H22F3N3O2. The third-order valence-corrected chi connectivity index (χ3v) is 5.39. The van der Waals surface area contributed by atoms with Gasteiger partial charge in [0.05, 0.1) is 18.3 Å². The molecule has 2 aromatic rings. The first-order valence-electron chi connectivity index (χ1n) is 9.54. The molecule has 0 aliphatic carbocycles. The molecular weight excluding hydrogens is 383 g/mol. The van der Waals surface area contributed by atoms with Gasteiger partial charge in [-0.2, -0.15) is 13.2 Å². The number of urea groups is 1. The maximum absolute atomic E-state index is 12.6. The predicted molar refractivity (Wildman–Crippen MR) is 102 cm³/mol. The molecule has 0 spiro atoms. The van der Waals surface area contributed by atoms with E-state index in [4.69, 9.17) is 4.74 Å². The topological polar surface area (TPSA) is 53.6 Å². The number of fused-ring (bicyclic) bond motifs is 1. The molecule has 3 atom stereocenters. The summed E-state index contributed by atoms with van der Waals surface area (Å²) in [5.41, 5.74) is 0.713. The minimum atomic E-state index is -4.39. The van der Waals surface area contributed by atoms with Crippen LogP contribution in [0.2, 0.25) is 0 Å². The quantitative estimate of drug-likeness (QED) is 0.811. The molecule has 0 bridgehead atoms. The Kier molecular flexibility index (Phi) is 5.47. The SMILES string of the molecule is O=C(Nc1ccc(C(F)(F)F)cc1)N[C@H]1C[C@H]2CO[C@@H](c3ccccc3)CN2C1. The molecule has 4 rings (SSSR count). The van der Waals surface area contributed by atoms with Crippen molar-refractivity contribution in [2.75, 3.05) is 25.0 Å². The van der Waals surface area contributed by atoms with E-state index < -0.39 is 17.8 Å². The largest absolute Gasteiger partial charge is 0.416 e. The first-order chi connectivity index (χ1) is 13.9. The lowest BCUT2D eigenvalue weighted by Crippen LogP contribution is -2.43. The second-order valence-electron chi connectivity index (χ2n) is 7.45. The highest BCUT2D eigenvalue weighted by atomic mass is 19.4. The lowest BCUT2D eigenvalue weighted by Gasteiger charge is -2.35. The van der Waals surface area contributed by atoms with E-state index in [1.807, 2.05) is 30.3 Å².